The van der Waals surface area contributed by atoms with Crippen molar-refractivity contribution in [1.29, 1.82) is 0 Å². The zero-order valence-corrected chi connectivity index (χ0v) is 12.3. The molecule has 0 atom stereocenters. The molecule has 0 amide bonds. The van der Waals surface area contributed by atoms with E-state index in [4.69, 9.17) is 39.6 Å². The quantitative estimate of drug-likeness (QED) is 0.394. The van der Waals surface area contributed by atoms with E-state index in [1.54, 1.807) is 0 Å². The molecule has 0 fully saturated rings. The van der Waals surface area contributed by atoms with Crippen molar-refractivity contribution in [3.63, 3.8) is 0 Å². The molecule has 0 unspecified atom stereocenters. The maximum Gasteiger partial charge on any atom is 2.00 e. The van der Waals surface area contributed by atoms with Crippen molar-refractivity contribution in [3.05, 3.63) is 0 Å². The maximum absolute atomic E-state index is 8.89. The Kier molecular flexibility index (Phi) is 59.4. The largest absolute Gasteiger partial charge is 2.00 e. The second kappa shape index (κ2) is 29.7. The first-order chi connectivity index (χ1) is 6.93. The SMILES string of the molecule is CC(=O)[O-].CC(=O)[O-].CC(=O)[O-].CC(=O)[O-].[Fe+2].[Mn+2]. The van der Waals surface area contributed by atoms with Crippen LogP contribution in [0.5, 0.6) is 0 Å². The van der Waals surface area contributed by atoms with Gasteiger partial charge in [-0.3, -0.25) is 0 Å². The van der Waals surface area contributed by atoms with Gasteiger partial charge in [0.05, 0.1) is 0 Å². The van der Waals surface area contributed by atoms with E-state index in [0.717, 1.165) is 27.7 Å². The van der Waals surface area contributed by atoms with Crippen LogP contribution in [-0.4, -0.2) is 23.9 Å². The molecule has 0 heterocycles. The van der Waals surface area contributed by atoms with Crippen molar-refractivity contribution in [1.82, 2.24) is 0 Å². The van der Waals surface area contributed by atoms with Crippen LogP contribution in [-0.2, 0) is 53.3 Å². The van der Waals surface area contributed by atoms with Crippen LogP contribution in [0.3, 0.4) is 0 Å². The summed E-state index contributed by atoms with van der Waals surface area (Å²) < 4.78 is 0. The van der Waals surface area contributed by atoms with Gasteiger partial charge in [-0.25, -0.2) is 0 Å². The second-order valence-electron chi connectivity index (χ2n) is 1.97. The smallest absolute Gasteiger partial charge is 0.550 e. The standard InChI is InChI=1S/4C2H4O2.Fe.Mn/c4*1-2(3)4;;/h4*1H3,(H,3,4);;/q;;;;2*+2/p-4. The van der Waals surface area contributed by atoms with Gasteiger partial charge in [0.1, 0.15) is 0 Å². The molecule has 10 heteroatoms. The van der Waals surface area contributed by atoms with Gasteiger partial charge in [-0.05, 0) is 27.7 Å². The predicted octanol–water partition coefficient (Wildman–Crippen LogP) is -4.98. The fourth-order valence-corrected chi connectivity index (χ4v) is 0. The van der Waals surface area contributed by atoms with Crippen LogP contribution in [0.25, 0.3) is 0 Å². The Morgan fingerprint density at radius 3 is 0.556 bits per heavy atom. The number of carboxylic acid groups (broad SMARTS) is 4. The van der Waals surface area contributed by atoms with Gasteiger partial charge in [0, 0.05) is 23.9 Å². The summed E-state index contributed by atoms with van der Waals surface area (Å²) in [5.41, 5.74) is 0. The topological polar surface area (TPSA) is 161 Å². The summed E-state index contributed by atoms with van der Waals surface area (Å²) in [7, 11) is 0. The average molecular weight is 347 g/mol. The molecule has 8 nitrogen and oxygen atoms in total. The fraction of sp³-hybridized carbons (Fsp3) is 0.500. The summed E-state index contributed by atoms with van der Waals surface area (Å²) in [5, 5.41) is 35.6. The molecule has 1 radical (unpaired) electrons. The Balaban J connectivity index is -0.0000000257. The van der Waals surface area contributed by atoms with E-state index in [-0.39, 0.29) is 34.1 Å². The first-order valence-corrected chi connectivity index (χ1v) is 3.63. The molecule has 0 aliphatic heterocycles. The van der Waals surface area contributed by atoms with Crippen molar-refractivity contribution < 1.29 is 73.7 Å². The number of rotatable bonds is 0. The summed E-state index contributed by atoms with van der Waals surface area (Å²) in [6, 6.07) is 0. The van der Waals surface area contributed by atoms with Crippen LogP contribution >= 0.6 is 0 Å². The number of carboxylic acids is 4. The van der Waals surface area contributed by atoms with Crippen molar-refractivity contribution in [3.8, 4) is 0 Å². The van der Waals surface area contributed by atoms with Crippen molar-refractivity contribution in [2.24, 2.45) is 0 Å². The van der Waals surface area contributed by atoms with Gasteiger partial charge < -0.3 is 39.6 Å². The van der Waals surface area contributed by atoms with Gasteiger partial charge in [0.25, 0.3) is 0 Å². The Bertz CT molecular complexity index is 167. The number of carbonyl (C=O) groups excluding carboxylic acids is 4. The van der Waals surface area contributed by atoms with Crippen molar-refractivity contribution >= 4 is 23.9 Å². The maximum atomic E-state index is 8.89. The summed E-state index contributed by atoms with van der Waals surface area (Å²) in [6.07, 6.45) is 0. The summed E-state index contributed by atoms with van der Waals surface area (Å²) in [6.45, 7) is 3.89. The minimum Gasteiger partial charge on any atom is -0.550 e. The van der Waals surface area contributed by atoms with Crippen LogP contribution in [0.2, 0.25) is 0 Å². The second-order valence-corrected chi connectivity index (χ2v) is 1.97. The molecule has 0 N–H and O–H groups in total. The van der Waals surface area contributed by atoms with Gasteiger partial charge in [0.15, 0.2) is 0 Å². The first-order valence-electron chi connectivity index (χ1n) is 3.63. The van der Waals surface area contributed by atoms with Crippen LogP contribution in [0, 0.1) is 0 Å². The summed E-state index contributed by atoms with van der Waals surface area (Å²) >= 11 is 0. The third kappa shape index (κ3) is 2470. The zero-order chi connectivity index (χ0) is 14.3. The molecular formula is C8H12FeMnO8. The van der Waals surface area contributed by atoms with Gasteiger partial charge in [-0.1, -0.05) is 0 Å². The summed E-state index contributed by atoms with van der Waals surface area (Å²) in [4.78, 5) is 35.6. The van der Waals surface area contributed by atoms with Gasteiger partial charge in [0.2, 0.25) is 0 Å². The predicted molar refractivity (Wildman–Crippen MR) is 42.7 cm³/mol. The zero-order valence-electron chi connectivity index (χ0n) is 10.00. The van der Waals surface area contributed by atoms with E-state index in [1.165, 1.54) is 0 Å². The Labute approximate surface area is 125 Å². The minimum atomic E-state index is -1.08. The number of hydrogen-bond acceptors (Lipinski definition) is 8. The molecule has 0 aromatic rings. The molecule has 0 aliphatic rings. The molecule has 0 rings (SSSR count). The molecule has 0 spiro atoms. The molecule has 0 aromatic heterocycles. The minimum absolute atomic E-state index is 0. The summed E-state index contributed by atoms with van der Waals surface area (Å²) in [5.74, 6) is -4.33. The van der Waals surface area contributed by atoms with E-state index in [9.17, 15) is 0 Å². The van der Waals surface area contributed by atoms with Crippen LogP contribution in [0.4, 0.5) is 0 Å². The van der Waals surface area contributed by atoms with Crippen molar-refractivity contribution in [2.45, 2.75) is 27.7 Å². The van der Waals surface area contributed by atoms with Crippen LogP contribution in [0.15, 0.2) is 0 Å². The molecular weight excluding hydrogens is 335 g/mol. The number of carbonyl (C=O) groups is 4. The molecule has 0 aliphatic carbocycles. The van der Waals surface area contributed by atoms with E-state index in [0.29, 0.717) is 0 Å². The molecule has 0 bridgehead atoms. The fourth-order valence-electron chi connectivity index (χ4n) is 0. The molecule has 0 saturated heterocycles. The van der Waals surface area contributed by atoms with Crippen molar-refractivity contribution in [2.75, 3.05) is 0 Å². The number of aliphatic carboxylic acids is 4. The number of hydrogen-bond donors (Lipinski definition) is 0. The van der Waals surface area contributed by atoms with Gasteiger partial charge in [-0.15, -0.1) is 0 Å². The first kappa shape index (κ1) is 36.0. The Hall–Kier alpha value is -1.08. The third-order valence-corrected chi connectivity index (χ3v) is 0. The third-order valence-electron chi connectivity index (χ3n) is 0. The monoisotopic (exact) mass is 347 g/mol. The van der Waals surface area contributed by atoms with E-state index >= 15 is 0 Å². The van der Waals surface area contributed by atoms with E-state index in [1.807, 2.05) is 0 Å². The average Bonchev–Trinajstić information content (AvgIpc) is 1.76. The molecule has 0 aromatic carbocycles. The molecule has 107 valence electrons. The normalized spacial score (nSPS) is 5.56. The van der Waals surface area contributed by atoms with Crippen LogP contribution in [0.1, 0.15) is 27.7 Å². The van der Waals surface area contributed by atoms with Gasteiger partial charge in [-0.2, -0.15) is 0 Å². The molecule has 18 heavy (non-hydrogen) atoms. The Morgan fingerprint density at radius 2 is 0.556 bits per heavy atom. The molecule has 0 saturated carbocycles. The van der Waals surface area contributed by atoms with E-state index < -0.39 is 23.9 Å². The van der Waals surface area contributed by atoms with E-state index in [2.05, 4.69) is 0 Å². The van der Waals surface area contributed by atoms with Crippen LogP contribution < -0.4 is 20.4 Å². The Morgan fingerprint density at radius 1 is 0.556 bits per heavy atom. The van der Waals surface area contributed by atoms with Gasteiger partial charge >= 0.3 is 34.1 Å².